The number of hydrogen-bond donors (Lipinski definition) is 1. The molecule has 1 unspecified atom stereocenters. The normalized spacial score (nSPS) is 24.9. The molecule has 1 amide bonds. The van der Waals surface area contributed by atoms with Crippen LogP contribution in [0.1, 0.15) is 72.2 Å². The van der Waals surface area contributed by atoms with Crippen molar-refractivity contribution >= 4 is 23.2 Å². The number of carboxylic acid groups (broad SMARTS) is 1. The monoisotopic (exact) mass is 350 g/mol. The summed E-state index contributed by atoms with van der Waals surface area (Å²) in [5.74, 6) is -0.328. The number of rotatable bonds is 4. The molecule has 1 saturated heterocycles. The third-order valence-electron chi connectivity index (χ3n) is 5.83. The Bertz CT molecular complexity index is 649. The van der Waals surface area contributed by atoms with E-state index < -0.39 is 11.4 Å². The van der Waals surface area contributed by atoms with Crippen molar-refractivity contribution in [3.8, 4) is 0 Å². The highest BCUT2D eigenvalue weighted by Gasteiger charge is 2.48. The Labute approximate surface area is 147 Å². The number of nitrogens with zero attached hydrogens (tertiary/aromatic N) is 2. The third kappa shape index (κ3) is 2.85. The third-order valence-corrected chi connectivity index (χ3v) is 7.14. The zero-order valence-electron chi connectivity index (χ0n) is 14.7. The van der Waals surface area contributed by atoms with E-state index in [0.29, 0.717) is 30.3 Å². The SMILES string of the molecule is Cc1nc(C2CCCC2)sc1C(=O)N1CCC(C(=O)O)(C(C)C)C1. The molecule has 2 heterocycles. The lowest BCUT2D eigenvalue weighted by Crippen LogP contribution is -2.40. The summed E-state index contributed by atoms with van der Waals surface area (Å²) < 4.78 is 0. The van der Waals surface area contributed by atoms with Gasteiger partial charge in [-0.05, 0) is 32.1 Å². The Hall–Kier alpha value is -1.43. The van der Waals surface area contributed by atoms with Gasteiger partial charge in [0, 0.05) is 19.0 Å². The van der Waals surface area contributed by atoms with Crippen LogP contribution in [0.3, 0.4) is 0 Å². The summed E-state index contributed by atoms with van der Waals surface area (Å²) in [4.78, 5) is 31.8. The van der Waals surface area contributed by atoms with Gasteiger partial charge >= 0.3 is 5.97 Å². The van der Waals surface area contributed by atoms with Crippen LogP contribution in [0.2, 0.25) is 0 Å². The number of carbonyl (C=O) groups is 2. The maximum atomic E-state index is 12.9. The van der Waals surface area contributed by atoms with Crippen LogP contribution >= 0.6 is 11.3 Å². The Morgan fingerprint density at radius 1 is 1.33 bits per heavy atom. The Morgan fingerprint density at radius 3 is 2.54 bits per heavy atom. The molecular weight excluding hydrogens is 324 g/mol. The summed E-state index contributed by atoms with van der Waals surface area (Å²) in [5, 5.41) is 10.7. The minimum absolute atomic E-state index is 0.00408. The first-order valence-electron chi connectivity index (χ1n) is 8.85. The van der Waals surface area contributed by atoms with Crippen molar-refractivity contribution in [3.05, 3.63) is 15.6 Å². The molecule has 6 heteroatoms. The zero-order chi connectivity index (χ0) is 17.5. The maximum absolute atomic E-state index is 12.9. The molecule has 5 nitrogen and oxygen atoms in total. The molecule has 1 saturated carbocycles. The summed E-state index contributed by atoms with van der Waals surface area (Å²) >= 11 is 1.52. The van der Waals surface area contributed by atoms with Gasteiger partial charge in [-0.1, -0.05) is 26.7 Å². The molecule has 24 heavy (non-hydrogen) atoms. The van der Waals surface area contributed by atoms with Gasteiger partial charge in [0.05, 0.1) is 16.1 Å². The van der Waals surface area contributed by atoms with E-state index in [1.54, 1.807) is 4.90 Å². The number of aliphatic carboxylic acids is 1. The maximum Gasteiger partial charge on any atom is 0.311 e. The van der Waals surface area contributed by atoms with E-state index in [0.717, 1.165) is 10.7 Å². The first kappa shape index (κ1) is 17.4. The molecule has 2 fully saturated rings. The van der Waals surface area contributed by atoms with Crippen LogP contribution in [0.4, 0.5) is 0 Å². The van der Waals surface area contributed by atoms with Gasteiger partial charge in [-0.2, -0.15) is 0 Å². The van der Waals surface area contributed by atoms with Crippen molar-refractivity contribution in [2.75, 3.05) is 13.1 Å². The second-order valence-corrected chi connectivity index (χ2v) is 8.57. The van der Waals surface area contributed by atoms with Crippen molar-refractivity contribution in [2.45, 2.75) is 58.8 Å². The number of likely N-dealkylation sites (tertiary alicyclic amines) is 1. The molecule has 1 aromatic heterocycles. The molecule has 1 aliphatic carbocycles. The van der Waals surface area contributed by atoms with Gasteiger partial charge in [0.15, 0.2) is 0 Å². The molecule has 0 aromatic carbocycles. The fraction of sp³-hybridized carbons (Fsp3) is 0.722. The van der Waals surface area contributed by atoms with E-state index >= 15 is 0 Å². The molecule has 1 N–H and O–H groups in total. The lowest BCUT2D eigenvalue weighted by Gasteiger charge is -2.28. The molecule has 0 spiro atoms. The highest BCUT2D eigenvalue weighted by molar-refractivity contribution is 7.13. The molecule has 132 valence electrons. The van der Waals surface area contributed by atoms with E-state index in [-0.39, 0.29) is 11.8 Å². The van der Waals surface area contributed by atoms with Gasteiger partial charge in [0.25, 0.3) is 5.91 Å². The largest absolute Gasteiger partial charge is 0.481 e. The smallest absolute Gasteiger partial charge is 0.311 e. The number of aromatic nitrogens is 1. The lowest BCUT2D eigenvalue weighted by molar-refractivity contribution is -0.150. The van der Waals surface area contributed by atoms with Crippen molar-refractivity contribution < 1.29 is 14.7 Å². The number of amides is 1. The van der Waals surface area contributed by atoms with E-state index in [2.05, 4.69) is 4.98 Å². The topological polar surface area (TPSA) is 70.5 Å². The van der Waals surface area contributed by atoms with Crippen LogP contribution in [-0.4, -0.2) is 40.0 Å². The van der Waals surface area contributed by atoms with Crippen molar-refractivity contribution in [1.29, 1.82) is 0 Å². The van der Waals surface area contributed by atoms with Crippen LogP contribution in [0.25, 0.3) is 0 Å². The fourth-order valence-corrected chi connectivity index (χ4v) is 5.21. The molecule has 2 aliphatic rings. The van der Waals surface area contributed by atoms with Crippen molar-refractivity contribution in [2.24, 2.45) is 11.3 Å². The summed E-state index contributed by atoms with van der Waals surface area (Å²) in [7, 11) is 0. The predicted molar refractivity (Wildman–Crippen MR) is 93.5 cm³/mol. The minimum atomic E-state index is -0.817. The van der Waals surface area contributed by atoms with Gasteiger partial charge in [0.1, 0.15) is 4.88 Å². The highest BCUT2D eigenvalue weighted by Crippen LogP contribution is 2.40. The summed E-state index contributed by atoms with van der Waals surface area (Å²) in [6.07, 6.45) is 5.35. The number of carboxylic acids is 1. The van der Waals surface area contributed by atoms with Crippen LogP contribution < -0.4 is 0 Å². The Balaban J connectivity index is 1.79. The molecule has 0 bridgehead atoms. The standard InChI is InChI=1S/C18H26N2O3S/c1-11(2)18(17(22)23)8-9-20(10-18)16(21)14-12(3)19-15(24-14)13-6-4-5-7-13/h11,13H,4-10H2,1-3H3,(H,22,23). The van der Waals surface area contributed by atoms with Crippen LogP contribution in [0.5, 0.6) is 0 Å². The van der Waals surface area contributed by atoms with Crippen LogP contribution in [0, 0.1) is 18.3 Å². The van der Waals surface area contributed by atoms with Gasteiger partial charge in [-0.3, -0.25) is 9.59 Å². The highest BCUT2D eigenvalue weighted by atomic mass is 32.1. The predicted octanol–water partition coefficient (Wildman–Crippen LogP) is 3.68. The number of carbonyl (C=O) groups excluding carboxylic acids is 1. The quantitative estimate of drug-likeness (QED) is 0.899. The van der Waals surface area contributed by atoms with Crippen molar-refractivity contribution in [3.63, 3.8) is 0 Å². The average Bonchev–Trinajstić information content (AvgIpc) is 3.25. The molecular formula is C18H26N2O3S. The molecule has 3 rings (SSSR count). The number of aryl methyl sites for hydroxylation is 1. The zero-order valence-corrected chi connectivity index (χ0v) is 15.5. The first-order chi connectivity index (χ1) is 11.3. The Kier molecular flexibility index (Phi) is 4.69. The summed E-state index contributed by atoms with van der Waals surface area (Å²) in [6, 6.07) is 0. The number of thiazole rings is 1. The second-order valence-electron chi connectivity index (χ2n) is 7.54. The molecule has 0 radical (unpaired) electrons. The Morgan fingerprint density at radius 2 is 2.00 bits per heavy atom. The van der Waals surface area contributed by atoms with Crippen molar-refractivity contribution in [1.82, 2.24) is 9.88 Å². The van der Waals surface area contributed by atoms with E-state index in [4.69, 9.17) is 0 Å². The summed E-state index contributed by atoms with van der Waals surface area (Å²) in [6.45, 7) is 6.57. The molecule has 1 atom stereocenters. The fourth-order valence-electron chi connectivity index (χ4n) is 4.01. The average molecular weight is 350 g/mol. The van der Waals surface area contributed by atoms with Crippen LogP contribution in [-0.2, 0) is 4.79 Å². The number of hydrogen-bond acceptors (Lipinski definition) is 4. The van der Waals surface area contributed by atoms with Gasteiger partial charge in [-0.25, -0.2) is 4.98 Å². The molecule has 1 aromatic rings. The van der Waals surface area contributed by atoms with Gasteiger partial charge < -0.3 is 10.0 Å². The lowest BCUT2D eigenvalue weighted by atomic mass is 9.76. The molecule has 1 aliphatic heterocycles. The van der Waals surface area contributed by atoms with Gasteiger partial charge in [-0.15, -0.1) is 11.3 Å². The van der Waals surface area contributed by atoms with E-state index in [1.807, 2.05) is 20.8 Å². The van der Waals surface area contributed by atoms with E-state index in [1.165, 1.54) is 37.0 Å². The van der Waals surface area contributed by atoms with Gasteiger partial charge in [0.2, 0.25) is 0 Å². The van der Waals surface area contributed by atoms with E-state index in [9.17, 15) is 14.7 Å². The summed E-state index contributed by atoms with van der Waals surface area (Å²) in [5.41, 5.74) is -0.0213. The van der Waals surface area contributed by atoms with Crippen LogP contribution in [0.15, 0.2) is 0 Å². The second kappa shape index (κ2) is 6.47. The first-order valence-corrected chi connectivity index (χ1v) is 9.67. The minimum Gasteiger partial charge on any atom is -0.481 e.